The Balaban J connectivity index is 2.53. The van der Waals surface area contributed by atoms with Crippen LogP contribution in [-0.4, -0.2) is 22.0 Å². The highest BCUT2D eigenvalue weighted by atomic mass is 31.2. The van der Waals surface area contributed by atoms with E-state index in [9.17, 15) is 9.79 Å². The van der Waals surface area contributed by atoms with Crippen LogP contribution in [0, 0.1) is 0 Å². The third-order valence-corrected chi connectivity index (χ3v) is 4.66. The summed E-state index contributed by atoms with van der Waals surface area (Å²) in [6.45, 7) is 2.05. The highest BCUT2D eigenvalue weighted by Gasteiger charge is 2.40. The summed E-state index contributed by atoms with van der Waals surface area (Å²) in [5, 5.41) is 0.813. The zero-order valence-electron chi connectivity index (χ0n) is 8.11. The van der Waals surface area contributed by atoms with Crippen molar-refractivity contribution in [2.75, 3.05) is 6.16 Å². The second-order valence-corrected chi connectivity index (χ2v) is 6.15. The van der Waals surface area contributed by atoms with E-state index < -0.39 is 7.72 Å². The van der Waals surface area contributed by atoms with E-state index >= 15 is 0 Å². The molecule has 0 fully saturated rings. The zero-order chi connectivity index (χ0) is 9.90. The number of rotatable bonds is 4. The molecule has 3 nitrogen and oxygen atoms in total. The van der Waals surface area contributed by atoms with Gasteiger partial charge in [-0.2, -0.15) is 0 Å². The predicted molar refractivity (Wildman–Crippen MR) is 56.4 cm³/mol. The van der Waals surface area contributed by atoms with Crippen molar-refractivity contribution in [2.45, 2.75) is 38.6 Å². The molecule has 0 aliphatic heterocycles. The topological polar surface area (TPSA) is 66.5 Å². The summed E-state index contributed by atoms with van der Waals surface area (Å²) >= 11 is 0. The van der Waals surface area contributed by atoms with Gasteiger partial charge in [0.25, 0.3) is 7.72 Å². The van der Waals surface area contributed by atoms with E-state index in [1.807, 2.05) is 6.08 Å². The lowest BCUT2D eigenvalue weighted by Gasteiger charge is -2.12. The summed E-state index contributed by atoms with van der Waals surface area (Å²) < 4.78 is 0. The Bertz CT molecular complexity index is 204. The highest BCUT2D eigenvalue weighted by Crippen LogP contribution is 2.61. The van der Waals surface area contributed by atoms with Crippen molar-refractivity contribution in [3.8, 4) is 0 Å². The summed E-state index contributed by atoms with van der Waals surface area (Å²) in [6.07, 6.45) is 5.89. The van der Waals surface area contributed by atoms with Crippen LogP contribution in [-0.2, 0) is 0 Å². The minimum atomic E-state index is -2.76. The van der Waals surface area contributed by atoms with Crippen molar-refractivity contribution in [1.82, 2.24) is 0 Å². The number of hydrogen-bond donors (Lipinski definition) is 3. The molecule has 13 heavy (non-hydrogen) atoms. The van der Waals surface area contributed by atoms with Gasteiger partial charge in [0.2, 0.25) is 0 Å². The number of hydrogen-bond acceptors (Lipinski definition) is 3. The second kappa shape index (κ2) is 4.52. The molecule has 0 bridgehead atoms. The van der Waals surface area contributed by atoms with Gasteiger partial charge in [0, 0.05) is 12.5 Å². The first kappa shape index (κ1) is 11.1. The van der Waals surface area contributed by atoms with Crippen LogP contribution in [0.3, 0.4) is 0 Å². The van der Waals surface area contributed by atoms with Gasteiger partial charge >= 0.3 is 0 Å². The average molecular weight is 204 g/mol. The molecule has 0 amide bonds. The van der Waals surface area contributed by atoms with Gasteiger partial charge in [-0.15, -0.1) is 0 Å². The number of unbranched alkanes of at least 4 members (excludes halogenated alkanes) is 1. The van der Waals surface area contributed by atoms with Crippen LogP contribution in [0.15, 0.2) is 11.4 Å². The van der Waals surface area contributed by atoms with Gasteiger partial charge in [-0.25, -0.2) is 9.79 Å². The minimum Gasteiger partial charge on any atom is -0.324 e. The molecule has 76 valence electrons. The largest absolute Gasteiger partial charge is 0.324 e. The van der Waals surface area contributed by atoms with Gasteiger partial charge in [0.15, 0.2) is 0 Å². The smallest absolute Gasteiger partial charge is 0.295 e. The molecule has 4 N–H and O–H groups in total. The maximum Gasteiger partial charge on any atom is 0.295 e. The quantitative estimate of drug-likeness (QED) is 0.610. The standard InChI is InChI=1S/C9H19NO2P/c1-2-3-6-13(11,12)9-5-4-8(10)7-9/h7-8,11-12H,2-6,10H2,1H3/q+1/t8-/m1/s1. The molecular formula is C9H19NO2P+. The monoisotopic (exact) mass is 204 g/mol. The van der Waals surface area contributed by atoms with Crippen molar-refractivity contribution in [3.63, 3.8) is 0 Å². The fourth-order valence-corrected chi connectivity index (χ4v) is 3.51. The van der Waals surface area contributed by atoms with Gasteiger partial charge in [0.1, 0.15) is 11.5 Å². The minimum absolute atomic E-state index is 0.0373. The maximum absolute atomic E-state index is 9.81. The number of nitrogens with two attached hydrogens (primary N) is 1. The van der Waals surface area contributed by atoms with E-state index in [-0.39, 0.29) is 6.04 Å². The molecule has 0 aromatic rings. The van der Waals surface area contributed by atoms with Crippen LogP contribution in [0.1, 0.15) is 32.6 Å². The van der Waals surface area contributed by atoms with Crippen molar-refractivity contribution >= 4 is 7.72 Å². The Kier molecular flexibility index (Phi) is 3.87. The second-order valence-electron chi connectivity index (χ2n) is 3.67. The third-order valence-electron chi connectivity index (χ3n) is 2.42. The van der Waals surface area contributed by atoms with Crippen LogP contribution in [0.2, 0.25) is 0 Å². The molecule has 1 aliphatic carbocycles. The Morgan fingerprint density at radius 1 is 1.62 bits per heavy atom. The normalized spacial score (nSPS) is 23.4. The van der Waals surface area contributed by atoms with Crippen molar-refractivity contribution in [3.05, 3.63) is 11.4 Å². The molecule has 1 aliphatic rings. The van der Waals surface area contributed by atoms with Gasteiger partial charge in [-0.1, -0.05) is 13.3 Å². The van der Waals surface area contributed by atoms with Gasteiger partial charge in [-0.3, -0.25) is 0 Å². The lowest BCUT2D eigenvalue weighted by atomic mass is 10.3. The summed E-state index contributed by atoms with van der Waals surface area (Å²) in [6, 6.07) is 0.0373. The van der Waals surface area contributed by atoms with Crippen LogP contribution in [0.5, 0.6) is 0 Å². The lowest BCUT2D eigenvalue weighted by molar-refractivity contribution is 0.454. The molecule has 0 heterocycles. The molecule has 0 aromatic heterocycles. The Labute approximate surface area is 80.1 Å². The van der Waals surface area contributed by atoms with Crippen LogP contribution >= 0.6 is 7.72 Å². The van der Waals surface area contributed by atoms with Gasteiger partial charge in [-0.05, 0) is 18.9 Å². The highest BCUT2D eigenvalue weighted by molar-refractivity contribution is 7.68. The molecule has 0 aromatic carbocycles. The first-order valence-electron chi connectivity index (χ1n) is 4.86. The first-order valence-corrected chi connectivity index (χ1v) is 6.74. The predicted octanol–water partition coefficient (Wildman–Crippen LogP) is 1.62. The van der Waals surface area contributed by atoms with E-state index in [0.717, 1.165) is 31.0 Å². The number of allylic oxidation sites excluding steroid dienone is 1. The SMILES string of the molecule is CCCC[P+](O)(O)C1=C[C@H](N)CC1. The Morgan fingerprint density at radius 2 is 2.31 bits per heavy atom. The molecule has 0 saturated heterocycles. The van der Waals surface area contributed by atoms with Gasteiger partial charge < -0.3 is 5.73 Å². The van der Waals surface area contributed by atoms with Gasteiger partial charge in [0.05, 0.1) is 0 Å². The fourth-order valence-electron chi connectivity index (χ4n) is 1.55. The molecule has 0 radical (unpaired) electrons. The first-order chi connectivity index (χ1) is 6.06. The molecule has 0 unspecified atom stereocenters. The summed E-state index contributed by atoms with van der Waals surface area (Å²) in [5.74, 6) is 0. The van der Waals surface area contributed by atoms with E-state index in [2.05, 4.69) is 6.92 Å². The Morgan fingerprint density at radius 3 is 2.77 bits per heavy atom. The fraction of sp³-hybridized carbons (Fsp3) is 0.778. The Hall–Kier alpha value is 0.0500. The van der Waals surface area contributed by atoms with E-state index in [1.165, 1.54) is 0 Å². The molecule has 0 saturated carbocycles. The van der Waals surface area contributed by atoms with Crippen LogP contribution < -0.4 is 5.73 Å². The maximum atomic E-state index is 9.81. The molecule has 4 heteroatoms. The average Bonchev–Trinajstić information content (AvgIpc) is 2.49. The van der Waals surface area contributed by atoms with Crippen molar-refractivity contribution < 1.29 is 9.79 Å². The molecule has 0 spiro atoms. The zero-order valence-corrected chi connectivity index (χ0v) is 9.00. The molecule has 1 rings (SSSR count). The third kappa shape index (κ3) is 3.03. The van der Waals surface area contributed by atoms with E-state index in [4.69, 9.17) is 5.73 Å². The molecule has 1 atom stereocenters. The summed E-state index contributed by atoms with van der Waals surface area (Å²) in [7, 11) is -2.76. The molecular weight excluding hydrogens is 185 g/mol. The van der Waals surface area contributed by atoms with E-state index in [0.29, 0.717) is 6.16 Å². The van der Waals surface area contributed by atoms with Crippen LogP contribution in [0.25, 0.3) is 0 Å². The van der Waals surface area contributed by atoms with Crippen molar-refractivity contribution in [1.29, 1.82) is 0 Å². The van der Waals surface area contributed by atoms with E-state index in [1.54, 1.807) is 0 Å². The van der Waals surface area contributed by atoms with Crippen LogP contribution in [0.4, 0.5) is 0 Å². The summed E-state index contributed by atoms with van der Waals surface area (Å²) in [4.78, 5) is 19.6. The van der Waals surface area contributed by atoms with Crippen molar-refractivity contribution in [2.24, 2.45) is 5.73 Å². The lowest BCUT2D eigenvalue weighted by Crippen LogP contribution is -2.11. The summed E-state index contributed by atoms with van der Waals surface area (Å²) in [5.41, 5.74) is 5.67.